The van der Waals surface area contributed by atoms with E-state index in [9.17, 15) is 0 Å². The minimum absolute atomic E-state index is 0.746. The van der Waals surface area contributed by atoms with Crippen LogP contribution in [0.25, 0.3) is 10.8 Å². The van der Waals surface area contributed by atoms with E-state index in [1.165, 1.54) is 0 Å². The van der Waals surface area contributed by atoms with E-state index in [2.05, 4.69) is 17.6 Å². The summed E-state index contributed by atoms with van der Waals surface area (Å²) < 4.78 is 0. The van der Waals surface area contributed by atoms with Crippen LogP contribution in [0.3, 0.4) is 0 Å². The summed E-state index contributed by atoms with van der Waals surface area (Å²) in [6, 6.07) is 5.64. The highest BCUT2D eigenvalue weighted by molar-refractivity contribution is 7.80. The minimum atomic E-state index is 0.746. The number of nitrogen functional groups attached to an aromatic ring is 1. The molecule has 1 aromatic carbocycles. The summed E-state index contributed by atoms with van der Waals surface area (Å²) in [5, 5.41) is 2.01. The first kappa shape index (κ1) is 7.43. The minimum Gasteiger partial charge on any atom is -0.398 e. The van der Waals surface area contributed by atoms with Crippen molar-refractivity contribution >= 4 is 29.1 Å². The quantitative estimate of drug-likeness (QED) is 0.476. The van der Waals surface area contributed by atoms with Crippen LogP contribution in [0.5, 0.6) is 0 Å². The lowest BCUT2D eigenvalue weighted by Crippen LogP contribution is -1.87. The fraction of sp³-hybridized carbons (Fsp3) is 0. The van der Waals surface area contributed by atoms with Gasteiger partial charge >= 0.3 is 0 Å². The lowest BCUT2D eigenvalue weighted by Gasteiger charge is -2.02. The Labute approximate surface area is 75.8 Å². The fourth-order valence-electron chi connectivity index (χ4n) is 1.20. The SMILES string of the molecule is Nc1ccc(S)c2ccncc12. The molecule has 0 bridgehead atoms. The summed E-state index contributed by atoms with van der Waals surface area (Å²) in [7, 11) is 0. The molecule has 1 heterocycles. The molecule has 2 aromatic rings. The van der Waals surface area contributed by atoms with Crippen LogP contribution in [-0.4, -0.2) is 4.98 Å². The van der Waals surface area contributed by atoms with Crippen LogP contribution in [0.2, 0.25) is 0 Å². The Morgan fingerprint density at radius 3 is 2.75 bits per heavy atom. The Balaban J connectivity index is 2.95. The predicted octanol–water partition coefficient (Wildman–Crippen LogP) is 2.11. The molecular formula is C9H8N2S. The molecule has 0 aliphatic rings. The monoisotopic (exact) mass is 176 g/mol. The molecule has 2 nitrogen and oxygen atoms in total. The molecule has 0 amide bonds. The van der Waals surface area contributed by atoms with Gasteiger partial charge in [-0.05, 0) is 18.2 Å². The number of hydrogen-bond acceptors (Lipinski definition) is 3. The highest BCUT2D eigenvalue weighted by Gasteiger charge is 1.99. The van der Waals surface area contributed by atoms with Gasteiger partial charge in [0.1, 0.15) is 0 Å². The summed E-state index contributed by atoms with van der Waals surface area (Å²) >= 11 is 4.31. The van der Waals surface area contributed by atoms with Gasteiger partial charge in [0.15, 0.2) is 0 Å². The van der Waals surface area contributed by atoms with Crippen molar-refractivity contribution in [3.63, 3.8) is 0 Å². The van der Waals surface area contributed by atoms with Gasteiger partial charge in [0.05, 0.1) is 0 Å². The molecule has 2 N–H and O–H groups in total. The van der Waals surface area contributed by atoms with Gasteiger partial charge in [0, 0.05) is 33.7 Å². The second-order valence-electron chi connectivity index (χ2n) is 2.60. The van der Waals surface area contributed by atoms with Crippen molar-refractivity contribution in [1.82, 2.24) is 4.98 Å². The van der Waals surface area contributed by atoms with Crippen LogP contribution in [0.15, 0.2) is 35.5 Å². The first-order chi connectivity index (χ1) is 5.79. The molecule has 12 heavy (non-hydrogen) atoms. The number of rotatable bonds is 0. The second kappa shape index (κ2) is 2.68. The van der Waals surface area contributed by atoms with E-state index in [4.69, 9.17) is 5.73 Å². The van der Waals surface area contributed by atoms with Crippen LogP contribution in [-0.2, 0) is 0 Å². The first-order valence-electron chi connectivity index (χ1n) is 3.60. The molecular weight excluding hydrogens is 168 g/mol. The van der Waals surface area contributed by atoms with Crippen LogP contribution in [0.1, 0.15) is 0 Å². The van der Waals surface area contributed by atoms with Gasteiger partial charge in [-0.1, -0.05) is 0 Å². The molecule has 3 heteroatoms. The number of thiol groups is 1. The maximum Gasteiger partial charge on any atom is 0.0410 e. The van der Waals surface area contributed by atoms with E-state index < -0.39 is 0 Å². The molecule has 2 rings (SSSR count). The maximum absolute atomic E-state index is 5.75. The molecule has 0 saturated carbocycles. The van der Waals surface area contributed by atoms with Gasteiger partial charge < -0.3 is 5.73 Å². The zero-order chi connectivity index (χ0) is 8.55. The number of pyridine rings is 1. The smallest absolute Gasteiger partial charge is 0.0410 e. The van der Waals surface area contributed by atoms with Crippen LogP contribution in [0.4, 0.5) is 5.69 Å². The van der Waals surface area contributed by atoms with Gasteiger partial charge in [0.25, 0.3) is 0 Å². The Morgan fingerprint density at radius 2 is 2.00 bits per heavy atom. The van der Waals surface area contributed by atoms with E-state index in [1.807, 2.05) is 18.2 Å². The molecule has 60 valence electrons. The van der Waals surface area contributed by atoms with Crippen molar-refractivity contribution in [3.05, 3.63) is 30.6 Å². The molecule has 1 aromatic heterocycles. The molecule has 0 aliphatic heterocycles. The van der Waals surface area contributed by atoms with E-state index in [0.717, 1.165) is 21.4 Å². The van der Waals surface area contributed by atoms with E-state index >= 15 is 0 Å². The Kier molecular flexibility index (Phi) is 1.66. The highest BCUT2D eigenvalue weighted by atomic mass is 32.1. The largest absolute Gasteiger partial charge is 0.398 e. The van der Waals surface area contributed by atoms with Crippen LogP contribution < -0.4 is 5.73 Å². The lowest BCUT2D eigenvalue weighted by molar-refractivity contribution is 1.35. The average molecular weight is 176 g/mol. The van der Waals surface area contributed by atoms with Crippen molar-refractivity contribution in [1.29, 1.82) is 0 Å². The topological polar surface area (TPSA) is 38.9 Å². The summed E-state index contributed by atoms with van der Waals surface area (Å²) in [6.07, 6.45) is 3.49. The van der Waals surface area contributed by atoms with Gasteiger partial charge in [-0.2, -0.15) is 0 Å². The first-order valence-corrected chi connectivity index (χ1v) is 4.05. The normalized spacial score (nSPS) is 10.4. The molecule has 0 unspecified atom stereocenters. The molecule has 0 atom stereocenters. The number of nitrogens with zero attached hydrogens (tertiary/aromatic N) is 1. The summed E-state index contributed by atoms with van der Waals surface area (Å²) in [5.41, 5.74) is 6.50. The number of aromatic nitrogens is 1. The molecule has 0 spiro atoms. The van der Waals surface area contributed by atoms with Crippen molar-refractivity contribution in [2.24, 2.45) is 0 Å². The molecule has 0 fully saturated rings. The van der Waals surface area contributed by atoms with Gasteiger partial charge in [-0.25, -0.2) is 0 Å². The standard InChI is InChI=1S/C9H8N2S/c10-8-1-2-9(12)6-3-4-11-5-7(6)8/h1-5,12H,10H2. The number of nitrogens with two attached hydrogens (primary N) is 1. The van der Waals surface area contributed by atoms with Crippen molar-refractivity contribution in [2.45, 2.75) is 4.90 Å². The number of hydrogen-bond donors (Lipinski definition) is 2. The van der Waals surface area contributed by atoms with Gasteiger partial charge in [0.2, 0.25) is 0 Å². The van der Waals surface area contributed by atoms with Crippen molar-refractivity contribution in [2.75, 3.05) is 5.73 Å². The third-order valence-electron chi connectivity index (χ3n) is 1.83. The summed E-state index contributed by atoms with van der Waals surface area (Å²) in [5.74, 6) is 0. The zero-order valence-electron chi connectivity index (χ0n) is 6.36. The zero-order valence-corrected chi connectivity index (χ0v) is 7.25. The van der Waals surface area contributed by atoms with Crippen molar-refractivity contribution in [3.8, 4) is 0 Å². The number of anilines is 1. The Morgan fingerprint density at radius 1 is 1.17 bits per heavy atom. The Bertz CT molecular complexity index is 385. The average Bonchev–Trinajstić information content (AvgIpc) is 2.12. The predicted molar refractivity (Wildman–Crippen MR) is 53.4 cm³/mol. The highest BCUT2D eigenvalue weighted by Crippen LogP contribution is 2.25. The van der Waals surface area contributed by atoms with Crippen molar-refractivity contribution < 1.29 is 0 Å². The third kappa shape index (κ3) is 1.02. The van der Waals surface area contributed by atoms with E-state index in [0.29, 0.717) is 0 Å². The van der Waals surface area contributed by atoms with E-state index in [1.54, 1.807) is 12.4 Å². The second-order valence-corrected chi connectivity index (χ2v) is 3.08. The number of fused-ring (bicyclic) bond motifs is 1. The Hall–Kier alpha value is -1.22. The summed E-state index contributed by atoms with van der Waals surface area (Å²) in [4.78, 5) is 4.93. The van der Waals surface area contributed by atoms with Crippen LogP contribution >= 0.6 is 12.6 Å². The lowest BCUT2D eigenvalue weighted by atomic mass is 10.1. The fourth-order valence-corrected chi connectivity index (χ4v) is 1.47. The molecule has 0 aliphatic carbocycles. The van der Waals surface area contributed by atoms with Gasteiger partial charge in [-0.15, -0.1) is 12.6 Å². The third-order valence-corrected chi connectivity index (χ3v) is 2.22. The molecule has 0 saturated heterocycles. The van der Waals surface area contributed by atoms with E-state index in [-0.39, 0.29) is 0 Å². The van der Waals surface area contributed by atoms with Crippen LogP contribution in [0, 0.1) is 0 Å². The number of benzene rings is 1. The maximum atomic E-state index is 5.75. The molecule has 0 radical (unpaired) electrons. The summed E-state index contributed by atoms with van der Waals surface area (Å²) in [6.45, 7) is 0. The van der Waals surface area contributed by atoms with Gasteiger partial charge in [-0.3, -0.25) is 4.98 Å².